The lowest BCUT2D eigenvalue weighted by Crippen LogP contribution is -2.29. The van der Waals surface area contributed by atoms with Crippen LogP contribution >= 0.6 is 0 Å². The van der Waals surface area contributed by atoms with Gasteiger partial charge in [0.15, 0.2) is 0 Å². The Labute approximate surface area is 862 Å². The number of ether oxygens (including phenoxy) is 9. The van der Waals surface area contributed by atoms with E-state index >= 15 is 0 Å². The Morgan fingerprint density at radius 1 is 0.262 bits per heavy atom. The number of hydrogen-bond acceptors (Lipinski definition) is 39. The van der Waals surface area contributed by atoms with Crippen molar-refractivity contribution in [2.45, 2.75) is 154 Å². The van der Waals surface area contributed by atoms with E-state index in [-0.39, 0.29) is 129 Å². The zero-order chi connectivity index (χ0) is 111. The lowest BCUT2D eigenvalue weighted by Gasteiger charge is -2.23. The molecule has 0 aliphatic heterocycles. The van der Waals surface area contributed by atoms with Gasteiger partial charge in [0, 0.05) is 11.4 Å². The highest BCUT2D eigenvalue weighted by Gasteiger charge is 2.26. The Kier molecular flexibility index (Phi) is 56.9. The molecule has 0 aliphatic carbocycles. The van der Waals surface area contributed by atoms with Gasteiger partial charge in [-0.1, -0.05) is 184 Å². The van der Waals surface area contributed by atoms with Crippen LogP contribution in [0.3, 0.4) is 0 Å². The van der Waals surface area contributed by atoms with E-state index in [9.17, 15) is 134 Å². The van der Waals surface area contributed by atoms with Gasteiger partial charge in [0.25, 0.3) is 0 Å². The highest BCUT2D eigenvalue weighted by molar-refractivity contribution is 7.88. The van der Waals surface area contributed by atoms with Crippen molar-refractivity contribution in [1.82, 2.24) is 0 Å². The average Bonchev–Trinajstić information content (AvgIpc) is 0.821. The number of esters is 7. The number of carbonyl (C=O) groups excluding carboxylic acids is 9. The fraction of sp³-hybridized carbons (Fsp3) is 0.378. The molecule has 0 spiro atoms. The smallest absolute Gasteiger partial charge is 0.412 e. The molecule has 30 radical (unpaired) electrons. The summed E-state index contributed by atoms with van der Waals surface area (Å²) in [5.74, 6) is -16.5. The van der Waals surface area contributed by atoms with E-state index in [0.717, 1.165) is 16.7 Å². The topological polar surface area (TPSA) is 661 Å². The maximum atomic E-state index is 11.9. The van der Waals surface area contributed by atoms with Crippen LogP contribution in [-0.2, 0) is 209 Å². The van der Waals surface area contributed by atoms with Gasteiger partial charge in [0.2, 0.25) is 0 Å². The maximum absolute atomic E-state index is 11.9. The van der Waals surface area contributed by atoms with E-state index in [2.05, 4.69) is 10.6 Å². The minimum atomic E-state index is -4.74. The summed E-state index contributed by atoms with van der Waals surface area (Å²) in [6.07, 6.45) is 1.06. The first-order valence-corrected chi connectivity index (χ1v) is 52.5. The summed E-state index contributed by atoms with van der Waals surface area (Å²) in [6, 6.07) is 27.4. The minimum Gasteiger partial charge on any atom is -0.748 e. The van der Waals surface area contributed by atoms with Crippen LogP contribution in [-0.4, -0.2) is 314 Å². The van der Waals surface area contributed by atoms with Crippen LogP contribution in [0, 0.1) is 0 Å². The van der Waals surface area contributed by atoms with E-state index in [1.165, 1.54) is 60.7 Å². The molecular weight excluding hydrogens is 2020 g/mol. The Bertz CT molecular complexity index is 6500. The third-order valence-electron chi connectivity index (χ3n) is 17.6. The summed E-state index contributed by atoms with van der Waals surface area (Å²) in [6.45, 7) is 10.6. The quantitative estimate of drug-likeness (QED) is 0.0203. The van der Waals surface area contributed by atoms with Crippen molar-refractivity contribution in [2.24, 2.45) is 0 Å². The first kappa shape index (κ1) is 133. The lowest BCUT2D eigenvalue weighted by molar-refractivity contribution is -0.132. The van der Waals surface area contributed by atoms with Crippen molar-refractivity contribution < 1.29 is 177 Å². The molecule has 0 aromatic heterocycles. The number of benzene rings is 7. The summed E-state index contributed by atoms with van der Waals surface area (Å²) in [4.78, 5) is 103. The fourth-order valence-corrected chi connectivity index (χ4v) is 13.6. The second-order valence-corrected chi connectivity index (χ2v) is 40.5. The molecule has 2 N–H and O–H groups in total. The molecule has 63 heteroatoms. The molecule has 7 aromatic rings. The van der Waals surface area contributed by atoms with Crippen molar-refractivity contribution in [3.05, 3.63) is 193 Å². The van der Waals surface area contributed by atoms with Gasteiger partial charge in [-0.2, -0.15) is 0 Å². The van der Waals surface area contributed by atoms with Gasteiger partial charge >= 0.3 is 54.0 Å². The van der Waals surface area contributed by atoms with Crippen molar-refractivity contribution in [3.8, 4) is 40.2 Å². The third kappa shape index (κ3) is 54.8. The second kappa shape index (κ2) is 62.1. The Morgan fingerprint density at radius 3 is 0.848 bits per heavy atom. The molecule has 2 amide bonds. The van der Waals surface area contributed by atoms with Crippen LogP contribution in [0.2, 0.25) is 0 Å². The zero-order valence-electron chi connectivity index (χ0n) is 78.6. The summed E-state index contributed by atoms with van der Waals surface area (Å²) < 4.78 is 264. The summed E-state index contributed by atoms with van der Waals surface area (Å²) >= 11 is 0. The fourth-order valence-electron chi connectivity index (χ4n) is 11.2. The van der Waals surface area contributed by atoms with E-state index in [1.807, 2.05) is 6.92 Å². The van der Waals surface area contributed by atoms with Crippen molar-refractivity contribution in [3.63, 3.8) is 0 Å². The first-order chi connectivity index (χ1) is 67.0. The van der Waals surface area contributed by atoms with Crippen molar-refractivity contribution in [1.29, 1.82) is 0 Å². The molecule has 0 atom stereocenters. The molecule has 0 fully saturated rings. The van der Waals surface area contributed by atoms with Crippen LogP contribution < -0.4 is 43.8 Å². The number of hydrogen-bond donors (Lipinski definition) is 2. The van der Waals surface area contributed by atoms with E-state index in [1.54, 1.807) is 83.1 Å². The molecule has 0 bridgehead atoms. The zero-order valence-corrected chi connectivity index (χ0v) is 84.3. The molecule has 145 heavy (non-hydrogen) atoms. The second-order valence-electron chi connectivity index (χ2n) is 30.7. The van der Waals surface area contributed by atoms with Crippen LogP contribution in [0.15, 0.2) is 109 Å². The Hall–Kier alpha value is -10.3. The Balaban J connectivity index is 0.000000848. The van der Waals surface area contributed by atoms with Gasteiger partial charge in [-0.3, -0.25) is 44.2 Å². The number of nitrogens with one attached hydrogen (secondary N) is 2. The van der Waals surface area contributed by atoms with Gasteiger partial charge in [-0.25, -0.2) is 68.5 Å². The van der Waals surface area contributed by atoms with Gasteiger partial charge in [0.1, 0.15) is 163 Å². The normalized spacial score (nSPS) is 11.4. The standard InChI is InChI=1S/C15H20BNO7S.C14H18BNO7S.3C11H11B3O5S.2C10H10B2O5S/c1-4-15(2,3)24-14(19)17-11-5-6-12(10(7-11)8-16)23-13(18)9-25(20,21)22;1-14(2,3)23-13(18)16-10-4-5-11(9(6-10)7-15)22-12(17)8-24(19,20)21;12-3-7-1-8(4-13)9(5-14)10(2-7)19-11(15)6-20(16,17)18;12-3-7-1-8(4-13)11(9(2-7)5-14)19-10(15)6-20(16,17)18;12-3-7-1-2-10(9(5-14)8(7)4-13)19-11(15)6-20(16,17)18;11-4-7-1-2-9(8(3-7)5-12)17-10(13)6-18(14,15)16;11-4-7-2-1-3-9(8(7)5-12)17-10(13)6-18(14,15)16/h5-7H,4,8-9H2,1-3H3,(H,17,19)(H,20,21,22);4-6H,7-8H2,1-3H3,(H,16,18)(H,19,20,21);3*1-2H,3-6H2,(H,16,17,18);2*1-3H,4-6H2,(H,14,15,16)/p-7. The molecular formula is C82H84B15N2O39S7-7. The highest BCUT2D eigenvalue weighted by Crippen LogP contribution is 2.33. The molecule has 7 aromatic carbocycles. The monoisotopic (exact) mass is 2110 g/mol. The molecule has 0 saturated carbocycles. The van der Waals surface area contributed by atoms with Crippen molar-refractivity contribution in [2.75, 3.05) is 50.9 Å². The third-order valence-corrected chi connectivity index (χ3v) is 21.8. The lowest BCUT2D eigenvalue weighted by atomic mass is 9.80. The molecule has 0 aliphatic rings. The number of anilines is 2. The van der Waals surface area contributed by atoms with E-state index < -0.39 is 176 Å². The molecule has 0 unspecified atom stereocenters. The first-order valence-electron chi connectivity index (χ1n) is 41.4. The van der Waals surface area contributed by atoms with E-state index in [4.69, 9.17) is 160 Å². The predicted molar refractivity (Wildman–Crippen MR) is 533 cm³/mol. The van der Waals surface area contributed by atoms with E-state index in [0.29, 0.717) is 90.9 Å². The van der Waals surface area contributed by atoms with Crippen LogP contribution in [0.4, 0.5) is 21.0 Å². The minimum absolute atomic E-state index is 0.000823. The number of rotatable bonds is 40. The predicted octanol–water partition coefficient (Wildman–Crippen LogP) is -0.928. The summed E-state index contributed by atoms with van der Waals surface area (Å²) in [5, 5.41) is 5.01. The molecule has 41 nitrogen and oxygen atoms in total. The van der Waals surface area contributed by atoms with Crippen LogP contribution in [0.1, 0.15) is 131 Å². The van der Waals surface area contributed by atoms with Crippen LogP contribution in [0.25, 0.3) is 0 Å². The van der Waals surface area contributed by atoms with Gasteiger partial charge in [0.05, 0.1) is 118 Å². The Morgan fingerprint density at radius 2 is 0.531 bits per heavy atom. The highest BCUT2D eigenvalue weighted by atomic mass is 32.2. The van der Waals surface area contributed by atoms with Gasteiger partial charge in [-0.15, -0.1) is 0 Å². The maximum Gasteiger partial charge on any atom is 0.412 e. The molecule has 0 saturated heterocycles. The molecule has 750 valence electrons. The van der Waals surface area contributed by atoms with Gasteiger partial charge in [-0.05, 0) is 152 Å². The largest absolute Gasteiger partial charge is 0.748 e. The average molecular weight is 2110 g/mol. The molecule has 7 rings (SSSR count). The van der Waals surface area contributed by atoms with Crippen LogP contribution in [0.5, 0.6) is 40.2 Å². The summed E-state index contributed by atoms with van der Waals surface area (Å²) in [7, 11) is 50.1. The SMILES string of the molecule is [B]Cc1cc(C[B])c(C[B])c(OC(=O)CS(=O)(=O)[O-])c1.[B]Cc1cc(C[B])c(OC(=O)CS(=O)(=O)[O-])c(C[B])c1.[B]Cc1cc(NC(=O)OC(C)(C)C)ccc1OC(=O)CS(=O)(=O)[O-].[B]Cc1cc(NC(=O)OC(C)(C)CC)ccc1OC(=O)CS(=O)(=O)[O-].[B]Cc1ccc(OC(=O)CS(=O)(=O)[O-])c(C[B])c1.[B]Cc1ccc(OC(=O)CS(=O)(=O)[O-])c(C[B])c1C[B].[B]Cc1cccc(OC(=O)CS(=O)(=O)[O-])c1C[B]. The number of carbonyl (C=O) groups is 9. The van der Waals surface area contributed by atoms with Crippen molar-refractivity contribution >= 4 is 254 Å². The number of amides is 2. The van der Waals surface area contributed by atoms with Gasteiger partial charge < -0.3 is 74.5 Å². The summed E-state index contributed by atoms with van der Waals surface area (Å²) in [5.41, 5.74) is 7.89. The molecule has 0 heterocycles.